The van der Waals surface area contributed by atoms with Gasteiger partial charge >= 0.3 is 12.3 Å². The van der Waals surface area contributed by atoms with Gasteiger partial charge in [0.25, 0.3) is 10.0 Å². The van der Waals surface area contributed by atoms with Gasteiger partial charge in [-0.05, 0) is 74.9 Å². The van der Waals surface area contributed by atoms with Crippen molar-refractivity contribution in [3.63, 3.8) is 0 Å². The predicted molar refractivity (Wildman–Crippen MR) is 141 cm³/mol. The van der Waals surface area contributed by atoms with Gasteiger partial charge in [-0.25, -0.2) is 22.0 Å². The quantitative estimate of drug-likeness (QED) is 0.327. The summed E-state index contributed by atoms with van der Waals surface area (Å²) in [6.07, 6.45) is -6.18. The molecule has 13 heteroatoms. The van der Waals surface area contributed by atoms with Gasteiger partial charge in [-0.1, -0.05) is 12.1 Å². The summed E-state index contributed by atoms with van der Waals surface area (Å²) in [5, 5.41) is 2.55. The summed E-state index contributed by atoms with van der Waals surface area (Å²) >= 11 is 0. The maximum atomic E-state index is 14.5. The van der Waals surface area contributed by atoms with Crippen LogP contribution in [0.4, 0.5) is 32.4 Å². The van der Waals surface area contributed by atoms with Crippen LogP contribution in [0.2, 0.25) is 0 Å². The first-order valence-corrected chi connectivity index (χ1v) is 13.9. The van der Waals surface area contributed by atoms with Gasteiger partial charge in [0, 0.05) is 18.5 Å². The smallest absolute Gasteiger partial charge is 0.416 e. The van der Waals surface area contributed by atoms with Crippen LogP contribution in [0.25, 0.3) is 11.1 Å². The third-order valence-corrected chi connectivity index (χ3v) is 7.79. The molecule has 1 atom stereocenters. The Balaban J connectivity index is 1.71. The summed E-state index contributed by atoms with van der Waals surface area (Å²) in [6.45, 7) is 4.77. The van der Waals surface area contributed by atoms with Crippen molar-refractivity contribution in [2.75, 3.05) is 17.4 Å². The van der Waals surface area contributed by atoms with E-state index in [9.17, 15) is 35.2 Å². The first-order valence-electron chi connectivity index (χ1n) is 12.5. The zero-order valence-corrected chi connectivity index (χ0v) is 23.1. The maximum absolute atomic E-state index is 14.5. The van der Waals surface area contributed by atoms with E-state index in [1.807, 2.05) is 0 Å². The zero-order valence-electron chi connectivity index (χ0n) is 22.3. The van der Waals surface area contributed by atoms with E-state index in [4.69, 9.17) is 9.47 Å². The molecule has 1 aliphatic rings. The summed E-state index contributed by atoms with van der Waals surface area (Å²) in [5.41, 5.74) is -1.98. The average molecular weight is 599 g/mol. The highest BCUT2D eigenvalue weighted by atomic mass is 32.2. The molecule has 0 unspecified atom stereocenters. The standard InChI is InChI=1S/C28H27F5N2O5S/c1-27(2,3)40-26(36)34-12-11-20-16-35(41(37,38)21-6-4-5-18(14-21)28(31,32)33)24-13-17(7-10-25(24)39-20)22-15-19(29)8-9-23(22)30/h4-10,13-15,20H,11-12,16H2,1-3H3,(H,34,36)/t20-/m0/s1. The molecule has 41 heavy (non-hydrogen) atoms. The van der Waals surface area contributed by atoms with Crippen molar-refractivity contribution in [3.8, 4) is 16.9 Å². The third kappa shape index (κ3) is 7.07. The second-order valence-electron chi connectivity index (χ2n) is 10.3. The number of ether oxygens (including phenoxy) is 2. The normalized spacial score (nSPS) is 15.6. The van der Waals surface area contributed by atoms with Gasteiger partial charge in [-0.15, -0.1) is 0 Å². The number of nitrogens with zero attached hydrogens (tertiary/aromatic N) is 1. The van der Waals surface area contributed by atoms with Crippen molar-refractivity contribution in [1.29, 1.82) is 0 Å². The number of sulfonamides is 1. The van der Waals surface area contributed by atoms with Crippen LogP contribution in [-0.4, -0.2) is 39.3 Å². The van der Waals surface area contributed by atoms with Gasteiger partial charge < -0.3 is 14.8 Å². The molecule has 1 aliphatic heterocycles. The van der Waals surface area contributed by atoms with Crippen molar-refractivity contribution >= 4 is 21.8 Å². The minimum absolute atomic E-state index is 0.0406. The molecule has 1 heterocycles. The number of nitrogens with one attached hydrogen (secondary N) is 1. The topological polar surface area (TPSA) is 84.9 Å². The van der Waals surface area contributed by atoms with Crippen LogP contribution in [-0.2, 0) is 20.9 Å². The summed E-state index contributed by atoms with van der Waals surface area (Å²) in [4.78, 5) is 11.4. The number of fused-ring (bicyclic) bond motifs is 1. The largest absolute Gasteiger partial charge is 0.486 e. The van der Waals surface area contributed by atoms with E-state index in [-0.39, 0.29) is 42.1 Å². The zero-order chi connectivity index (χ0) is 30.2. The van der Waals surface area contributed by atoms with Gasteiger partial charge in [0.05, 0.1) is 22.7 Å². The molecule has 0 saturated carbocycles. The van der Waals surface area contributed by atoms with Crippen LogP contribution in [0.15, 0.2) is 65.6 Å². The molecule has 3 aromatic rings. The lowest BCUT2D eigenvalue weighted by Gasteiger charge is -2.36. The van der Waals surface area contributed by atoms with Gasteiger partial charge in [0.15, 0.2) is 0 Å². The highest BCUT2D eigenvalue weighted by molar-refractivity contribution is 7.92. The highest BCUT2D eigenvalue weighted by Gasteiger charge is 2.37. The second-order valence-corrected chi connectivity index (χ2v) is 12.2. The molecule has 0 spiro atoms. The molecule has 4 rings (SSSR count). The molecule has 1 N–H and O–H groups in total. The Bertz CT molecular complexity index is 1550. The Labute approximate surface area is 233 Å². The van der Waals surface area contributed by atoms with Crippen LogP contribution >= 0.6 is 0 Å². The van der Waals surface area contributed by atoms with E-state index < -0.39 is 56.1 Å². The number of carbonyl (C=O) groups is 1. The number of amides is 1. The molecule has 0 aliphatic carbocycles. The fraction of sp³-hybridized carbons (Fsp3) is 0.321. The minimum Gasteiger partial charge on any atom is -0.486 e. The Morgan fingerprint density at radius 1 is 1.05 bits per heavy atom. The van der Waals surface area contributed by atoms with E-state index in [0.29, 0.717) is 6.07 Å². The predicted octanol–water partition coefficient (Wildman–Crippen LogP) is 6.52. The van der Waals surface area contributed by atoms with Gasteiger partial charge in [-0.3, -0.25) is 4.31 Å². The van der Waals surface area contributed by atoms with Crippen LogP contribution in [0.5, 0.6) is 5.75 Å². The molecular weight excluding hydrogens is 571 g/mol. The minimum atomic E-state index is -4.79. The number of benzene rings is 3. The number of hydrogen-bond donors (Lipinski definition) is 1. The van der Waals surface area contributed by atoms with Crippen LogP contribution in [0.3, 0.4) is 0 Å². The molecule has 220 valence electrons. The highest BCUT2D eigenvalue weighted by Crippen LogP contribution is 2.41. The van der Waals surface area contributed by atoms with Crippen LogP contribution in [0.1, 0.15) is 32.8 Å². The molecule has 1 amide bonds. The SMILES string of the molecule is CC(C)(C)OC(=O)NCC[C@H]1CN(S(=O)(=O)c2cccc(C(F)(F)F)c2)c2cc(-c3cc(F)ccc3F)ccc2O1. The number of hydrogen-bond acceptors (Lipinski definition) is 5. The number of halogens is 5. The Kier molecular flexibility index (Phi) is 8.21. The lowest BCUT2D eigenvalue weighted by Crippen LogP contribution is -2.45. The molecule has 0 fully saturated rings. The van der Waals surface area contributed by atoms with E-state index in [0.717, 1.165) is 40.7 Å². The fourth-order valence-corrected chi connectivity index (χ4v) is 5.73. The molecule has 0 aromatic heterocycles. The van der Waals surface area contributed by atoms with E-state index in [1.54, 1.807) is 20.8 Å². The molecule has 3 aromatic carbocycles. The monoisotopic (exact) mass is 598 g/mol. The van der Waals surface area contributed by atoms with Crippen molar-refractivity contribution in [2.24, 2.45) is 0 Å². The maximum Gasteiger partial charge on any atom is 0.416 e. The van der Waals surface area contributed by atoms with Crippen molar-refractivity contribution in [3.05, 3.63) is 77.9 Å². The van der Waals surface area contributed by atoms with Gasteiger partial charge in [0.2, 0.25) is 0 Å². The number of alkyl halides is 3. The van der Waals surface area contributed by atoms with Crippen molar-refractivity contribution in [2.45, 2.75) is 50.0 Å². The molecule has 0 bridgehead atoms. The molecule has 0 radical (unpaired) electrons. The molecule has 7 nitrogen and oxygen atoms in total. The van der Waals surface area contributed by atoms with Crippen molar-refractivity contribution in [1.82, 2.24) is 5.32 Å². The molecular formula is C28H27F5N2O5S. The third-order valence-electron chi connectivity index (χ3n) is 6.01. The first kappa shape index (κ1) is 30.1. The number of alkyl carbamates (subject to hydrolysis) is 1. The summed E-state index contributed by atoms with van der Waals surface area (Å²) in [7, 11) is -4.60. The van der Waals surface area contributed by atoms with E-state index in [1.165, 1.54) is 18.2 Å². The number of rotatable bonds is 6. The fourth-order valence-electron chi connectivity index (χ4n) is 4.19. The van der Waals surface area contributed by atoms with Gasteiger partial charge in [0.1, 0.15) is 29.1 Å². The number of anilines is 1. The van der Waals surface area contributed by atoms with Crippen molar-refractivity contribution < 1.29 is 44.6 Å². The summed E-state index contributed by atoms with van der Waals surface area (Å²) in [5.74, 6) is -1.43. The lowest BCUT2D eigenvalue weighted by atomic mass is 10.0. The van der Waals surface area contributed by atoms with E-state index >= 15 is 0 Å². The van der Waals surface area contributed by atoms with E-state index in [2.05, 4.69) is 5.32 Å². The summed E-state index contributed by atoms with van der Waals surface area (Å²) < 4.78 is 108. The Morgan fingerprint density at radius 2 is 1.78 bits per heavy atom. The van der Waals surface area contributed by atoms with Crippen LogP contribution < -0.4 is 14.4 Å². The second kappa shape index (κ2) is 11.2. The molecule has 0 saturated heterocycles. The first-order chi connectivity index (χ1) is 19.0. The van der Waals surface area contributed by atoms with Gasteiger partial charge in [-0.2, -0.15) is 13.2 Å². The Hall–Kier alpha value is -3.87. The summed E-state index contributed by atoms with van der Waals surface area (Å²) in [6, 6.07) is 10.1. The Morgan fingerprint density at radius 3 is 2.46 bits per heavy atom. The lowest BCUT2D eigenvalue weighted by molar-refractivity contribution is -0.137. The number of carbonyl (C=O) groups excluding carboxylic acids is 1. The van der Waals surface area contributed by atoms with Crippen LogP contribution in [0, 0.1) is 11.6 Å². The average Bonchev–Trinajstić information content (AvgIpc) is 2.88.